The summed E-state index contributed by atoms with van der Waals surface area (Å²) in [5.74, 6) is -1.29. The van der Waals surface area contributed by atoms with Gasteiger partial charge in [-0.2, -0.15) is 0 Å². The number of rotatable bonds is 2. The van der Waals surface area contributed by atoms with Crippen molar-refractivity contribution >= 4 is 23.5 Å². The summed E-state index contributed by atoms with van der Waals surface area (Å²) in [6, 6.07) is 4.21. The summed E-state index contributed by atoms with van der Waals surface area (Å²) in [5, 5.41) is 12.6. The van der Waals surface area contributed by atoms with E-state index in [-0.39, 0.29) is 12.5 Å². The average Bonchev–Trinajstić information content (AvgIpc) is 2.36. The number of aliphatic carboxylic acids is 1. The lowest BCUT2D eigenvalue weighted by Crippen LogP contribution is -2.57. The predicted octanol–water partition coefficient (Wildman–Crippen LogP) is 1.15. The van der Waals surface area contributed by atoms with E-state index >= 15 is 0 Å². The zero-order valence-electron chi connectivity index (χ0n) is 10.5. The molecule has 2 N–H and O–H groups in total. The van der Waals surface area contributed by atoms with Gasteiger partial charge in [-0.3, -0.25) is 4.79 Å². The van der Waals surface area contributed by atoms with Crippen molar-refractivity contribution in [3.8, 4) is 0 Å². The molecule has 0 aliphatic carbocycles. The van der Waals surface area contributed by atoms with E-state index in [0.29, 0.717) is 23.7 Å². The molecule has 19 heavy (non-hydrogen) atoms. The molecule has 0 saturated carbocycles. The topological polar surface area (TPSA) is 69.6 Å². The lowest BCUT2D eigenvalue weighted by atomic mass is 10.1. The number of aryl methyl sites for hydroxylation is 1. The fraction of sp³-hybridized carbons (Fsp3) is 0.385. The minimum absolute atomic E-state index is 0.265. The van der Waals surface area contributed by atoms with E-state index in [9.17, 15) is 9.59 Å². The number of halogens is 1. The number of nitrogens with zero attached hydrogens (tertiary/aromatic N) is 1. The van der Waals surface area contributed by atoms with Crippen LogP contribution >= 0.6 is 11.6 Å². The summed E-state index contributed by atoms with van der Waals surface area (Å²) in [4.78, 5) is 24.9. The van der Waals surface area contributed by atoms with Gasteiger partial charge in [0.1, 0.15) is 6.04 Å². The van der Waals surface area contributed by atoms with E-state index in [1.54, 1.807) is 18.2 Å². The quantitative estimate of drug-likeness (QED) is 0.854. The number of carboxylic acid groups (broad SMARTS) is 1. The normalized spacial score (nSPS) is 19.3. The smallest absolute Gasteiger partial charge is 0.327 e. The minimum atomic E-state index is -1.00. The van der Waals surface area contributed by atoms with E-state index in [2.05, 4.69) is 5.32 Å². The molecule has 1 aliphatic rings. The number of carbonyl (C=O) groups excluding carboxylic acids is 1. The van der Waals surface area contributed by atoms with Gasteiger partial charge in [0.2, 0.25) is 0 Å². The molecule has 1 unspecified atom stereocenters. The highest BCUT2D eigenvalue weighted by molar-refractivity contribution is 6.31. The number of benzene rings is 1. The number of hydrogen-bond acceptors (Lipinski definition) is 3. The van der Waals surface area contributed by atoms with Gasteiger partial charge in [-0.25, -0.2) is 4.79 Å². The lowest BCUT2D eigenvalue weighted by molar-refractivity contribution is -0.142. The van der Waals surface area contributed by atoms with Crippen LogP contribution in [0.1, 0.15) is 15.9 Å². The Balaban J connectivity index is 2.28. The molecule has 6 heteroatoms. The third-order valence-corrected chi connectivity index (χ3v) is 3.30. The van der Waals surface area contributed by atoms with Gasteiger partial charge < -0.3 is 15.3 Å². The molecule has 1 atom stereocenters. The molecular weight excluding hydrogens is 268 g/mol. The third-order valence-electron chi connectivity index (χ3n) is 3.08. The largest absolute Gasteiger partial charge is 0.480 e. The molecule has 102 valence electrons. The maximum absolute atomic E-state index is 12.4. The van der Waals surface area contributed by atoms with Crippen molar-refractivity contribution in [2.45, 2.75) is 13.0 Å². The van der Waals surface area contributed by atoms with Crippen LogP contribution in [0.4, 0.5) is 0 Å². The summed E-state index contributed by atoms with van der Waals surface area (Å²) in [6.07, 6.45) is 0. The van der Waals surface area contributed by atoms with E-state index < -0.39 is 12.0 Å². The molecule has 1 aromatic rings. The van der Waals surface area contributed by atoms with Gasteiger partial charge >= 0.3 is 5.97 Å². The van der Waals surface area contributed by atoms with Crippen LogP contribution in [0.3, 0.4) is 0 Å². The molecule has 2 rings (SSSR count). The van der Waals surface area contributed by atoms with Gasteiger partial charge in [0.15, 0.2) is 0 Å². The molecule has 1 aliphatic heterocycles. The molecular formula is C13H15ClN2O3. The van der Waals surface area contributed by atoms with Gasteiger partial charge in [-0.15, -0.1) is 0 Å². The first-order chi connectivity index (χ1) is 8.99. The van der Waals surface area contributed by atoms with Crippen molar-refractivity contribution in [2.24, 2.45) is 0 Å². The fourth-order valence-corrected chi connectivity index (χ4v) is 2.48. The molecule has 5 nitrogen and oxygen atoms in total. The molecule has 1 fully saturated rings. The maximum atomic E-state index is 12.4. The van der Waals surface area contributed by atoms with Gasteiger partial charge in [0.25, 0.3) is 5.91 Å². The number of amides is 1. The van der Waals surface area contributed by atoms with Crippen LogP contribution in [0.25, 0.3) is 0 Å². The number of piperazine rings is 1. The maximum Gasteiger partial charge on any atom is 0.327 e. The average molecular weight is 283 g/mol. The monoisotopic (exact) mass is 282 g/mol. The van der Waals surface area contributed by atoms with Crippen LogP contribution in [0.5, 0.6) is 0 Å². The Hall–Kier alpha value is -1.59. The standard InChI is InChI=1S/C13H15ClN2O3/c1-8-4-9(6-10(14)5-8)12(17)16-3-2-15-7-11(16)13(18)19/h4-6,11,15H,2-3,7H2,1H3,(H,18,19). The summed E-state index contributed by atoms with van der Waals surface area (Å²) in [7, 11) is 0. The van der Waals surface area contributed by atoms with Crippen LogP contribution in [-0.2, 0) is 4.79 Å². The Morgan fingerprint density at radius 1 is 1.42 bits per heavy atom. The summed E-state index contributed by atoms with van der Waals surface area (Å²) >= 11 is 5.93. The highest BCUT2D eigenvalue weighted by Gasteiger charge is 2.32. The fourth-order valence-electron chi connectivity index (χ4n) is 2.19. The van der Waals surface area contributed by atoms with Crippen LogP contribution in [0.15, 0.2) is 18.2 Å². The van der Waals surface area contributed by atoms with Gasteiger partial charge in [-0.1, -0.05) is 11.6 Å². The van der Waals surface area contributed by atoms with Gasteiger partial charge in [0.05, 0.1) is 0 Å². The third kappa shape index (κ3) is 3.05. The van der Waals surface area contributed by atoms with Crippen molar-refractivity contribution < 1.29 is 14.7 Å². The molecule has 1 heterocycles. The van der Waals surface area contributed by atoms with E-state index in [0.717, 1.165) is 5.56 Å². The summed E-state index contributed by atoms with van der Waals surface area (Å²) in [6.45, 7) is 3.08. The van der Waals surface area contributed by atoms with Crippen molar-refractivity contribution in [3.05, 3.63) is 34.3 Å². The minimum Gasteiger partial charge on any atom is -0.480 e. The Bertz CT molecular complexity index is 498. The van der Waals surface area contributed by atoms with E-state index in [1.807, 2.05) is 6.92 Å². The first-order valence-corrected chi connectivity index (χ1v) is 6.38. The van der Waals surface area contributed by atoms with Gasteiger partial charge in [0, 0.05) is 30.2 Å². The molecule has 0 radical (unpaired) electrons. The number of carbonyl (C=O) groups is 2. The zero-order valence-corrected chi connectivity index (χ0v) is 11.3. The summed E-state index contributed by atoms with van der Waals surface area (Å²) in [5.41, 5.74) is 1.30. The molecule has 0 bridgehead atoms. The Labute approximate surface area is 116 Å². The molecule has 1 saturated heterocycles. The van der Waals surface area contributed by atoms with Crippen molar-refractivity contribution in [1.82, 2.24) is 10.2 Å². The number of hydrogen-bond donors (Lipinski definition) is 2. The highest BCUT2D eigenvalue weighted by Crippen LogP contribution is 2.18. The SMILES string of the molecule is Cc1cc(Cl)cc(C(=O)N2CCNCC2C(=O)O)c1. The Morgan fingerprint density at radius 2 is 2.16 bits per heavy atom. The first-order valence-electron chi connectivity index (χ1n) is 6.00. The van der Waals surface area contributed by atoms with Crippen molar-refractivity contribution in [1.29, 1.82) is 0 Å². The van der Waals surface area contributed by atoms with Crippen LogP contribution in [0.2, 0.25) is 5.02 Å². The number of nitrogens with one attached hydrogen (secondary N) is 1. The summed E-state index contributed by atoms with van der Waals surface area (Å²) < 4.78 is 0. The van der Waals surface area contributed by atoms with Crippen molar-refractivity contribution in [3.63, 3.8) is 0 Å². The molecule has 1 amide bonds. The Kier molecular flexibility index (Phi) is 4.07. The van der Waals surface area contributed by atoms with E-state index in [4.69, 9.17) is 16.7 Å². The Morgan fingerprint density at radius 3 is 2.79 bits per heavy atom. The van der Waals surface area contributed by atoms with Crippen LogP contribution in [-0.4, -0.2) is 47.6 Å². The second-order valence-electron chi connectivity index (χ2n) is 4.57. The predicted molar refractivity (Wildman–Crippen MR) is 71.5 cm³/mol. The van der Waals surface area contributed by atoms with Crippen LogP contribution in [0, 0.1) is 6.92 Å². The first kappa shape index (κ1) is 13.8. The number of carboxylic acids is 1. The zero-order chi connectivity index (χ0) is 14.0. The van der Waals surface area contributed by atoms with Crippen LogP contribution < -0.4 is 5.32 Å². The van der Waals surface area contributed by atoms with Crippen molar-refractivity contribution in [2.75, 3.05) is 19.6 Å². The van der Waals surface area contributed by atoms with E-state index in [1.165, 1.54) is 4.90 Å². The second-order valence-corrected chi connectivity index (χ2v) is 5.01. The highest BCUT2D eigenvalue weighted by atomic mass is 35.5. The molecule has 0 aromatic heterocycles. The second kappa shape index (κ2) is 5.59. The molecule has 1 aromatic carbocycles. The van der Waals surface area contributed by atoms with Gasteiger partial charge in [-0.05, 0) is 30.7 Å². The molecule has 0 spiro atoms. The lowest BCUT2D eigenvalue weighted by Gasteiger charge is -2.33.